The highest BCUT2D eigenvalue weighted by Gasteiger charge is 2.36. The third-order valence-electron chi connectivity index (χ3n) is 4.10. The highest BCUT2D eigenvalue weighted by molar-refractivity contribution is 6.32. The lowest BCUT2D eigenvalue weighted by molar-refractivity contribution is 0.189. The zero-order valence-corrected chi connectivity index (χ0v) is 14.0. The van der Waals surface area contributed by atoms with Crippen LogP contribution in [0.3, 0.4) is 0 Å². The molecule has 1 aliphatic carbocycles. The minimum atomic E-state index is -0.172. The molecule has 2 amide bonds. The molecular weight excluding hydrogens is 324 g/mol. The van der Waals surface area contributed by atoms with Crippen molar-refractivity contribution in [1.82, 2.24) is 9.88 Å². The van der Waals surface area contributed by atoms with Gasteiger partial charge in [-0.2, -0.15) is 5.26 Å². The summed E-state index contributed by atoms with van der Waals surface area (Å²) < 4.78 is 0. The van der Waals surface area contributed by atoms with Crippen molar-refractivity contribution in [3.05, 3.63) is 58.9 Å². The Labute approximate surface area is 145 Å². The fourth-order valence-electron chi connectivity index (χ4n) is 2.67. The molecule has 5 nitrogen and oxygen atoms in total. The van der Waals surface area contributed by atoms with Crippen LogP contribution in [0.4, 0.5) is 10.5 Å². The van der Waals surface area contributed by atoms with E-state index < -0.39 is 0 Å². The van der Waals surface area contributed by atoms with Crippen LogP contribution in [0.25, 0.3) is 0 Å². The van der Waals surface area contributed by atoms with Crippen molar-refractivity contribution in [2.45, 2.75) is 31.8 Å². The second-order valence-corrected chi connectivity index (χ2v) is 6.24. The highest BCUT2D eigenvalue weighted by atomic mass is 35.5. The number of nitriles is 1. The van der Waals surface area contributed by atoms with Gasteiger partial charge in [0.15, 0.2) is 0 Å². The number of nitrogens with zero attached hydrogens (tertiary/aromatic N) is 3. The number of urea groups is 1. The lowest BCUT2D eigenvalue weighted by Crippen LogP contribution is -2.38. The first kappa shape index (κ1) is 16.3. The number of benzene rings is 1. The molecule has 0 aliphatic heterocycles. The molecule has 0 bridgehead atoms. The van der Waals surface area contributed by atoms with E-state index in [1.807, 2.05) is 30.0 Å². The number of nitrogens with one attached hydrogen (secondary N) is 1. The average Bonchev–Trinajstić information content (AvgIpc) is 3.41. The van der Waals surface area contributed by atoms with Gasteiger partial charge in [-0.25, -0.2) is 4.79 Å². The lowest BCUT2D eigenvalue weighted by atomic mass is 10.1. The van der Waals surface area contributed by atoms with Gasteiger partial charge in [-0.1, -0.05) is 17.7 Å². The predicted octanol–water partition coefficient (Wildman–Crippen LogP) is 4.36. The van der Waals surface area contributed by atoms with Gasteiger partial charge < -0.3 is 10.2 Å². The van der Waals surface area contributed by atoms with Gasteiger partial charge in [0, 0.05) is 24.1 Å². The molecule has 1 unspecified atom stereocenters. The van der Waals surface area contributed by atoms with Gasteiger partial charge in [-0.05, 0) is 49.6 Å². The topological polar surface area (TPSA) is 69.0 Å². The monoisotopic (exact) mass is 340 g/mol. The molecule has 0 saturated heterocycles. The summed E-state index contributed by atoms with van der Waals surface area (Å²) in [5.41, 5.74) is 1.96. The normalized spacial score (nSPS) is 14.5. The Morgan fingerprint density at radius 3 is 2.83 bits per heavy atom. The Morgan fingerprint density at radius 1 is 1.46 bits per heavy atom. The van der Waals surface area contributed by atoms with Gasteiger partial charge >= 0.3 is 6.03 Å². The van der Waals surface area contributed by atoms with E-state index in [1.165, 1.54) is 0 Å². The maximum Gasteiger partial charge on any atom is 0.322 e. The number of pyridine rings is 1. The second kappa shape index (κ2) is 6.90. The van der Waals surface area contributed by atoms with E-state index >= 15 is 0 Å². The number of amides is 2. The molecule has 1 aromatic heterocycles. The maximum absolute atomic E-state index is 12.8. The number of aromatic nitrogens is 1. The smallest absolute Gasteiger partial charge is 0.315 e. The third kappa shape index (κ3) is 3.50. The van der Waals surface area contributed by atoms with Crippen LogP contribution in [0.1, 0.15) is 36.9 Å². The first-order chi connectivity index (χ1) is 11.6. The molecule has 1 fully saturated rings. The summed E-state index contributed by atoms with van der Waals surface area (Å²) in [6.07, 6.45) is 5.51. The van der Waals surface area contributed by atoms with Crippen LogP contribution in [0.15, 0.2) is 42.7 Å². The van der Waals surface area contributed by atoms with E-state index in [0.717, 1.165) is 18.4 Å². The van der Waals surface area contributed by atoms with Crippen LogP contribution in [0, 0.1) is 11.3 Å². The molecule has 122 valence electrons. The summed E-state index contributed by atoms with van der Waals surface area (Å²) in [6, 6.07) is 10.7. The largest absolute Gasteiger partial charge is 0.322 e. The number of carbonyl (C=O) groups excluding carboxylic acids is 1. The van der Waals surface area contributed by atoms with Crippen LogP contribution >= 0.6 is 11.6 Å². The van der Waals surface area contributed by atoms with Crippen LogP contribution in [-0.4, -0.2) is 22.0 Å². The van der Waals surface area contributed by atoms with Gasteiger partial charge in [0.1, 0.15) is 6.07 Å². The van der Waals surface area contributed by atoms with Crippen LogP contribution in [0.2, 0.25) is 5.02 Å². The lowest BCUT2D eigenvalue weighted by Gasteiger charge is -2.29. The van der Waals surface area contributed by atoms with Gasteiger partial charge in [0.05, 0.1) is 16.6 Å². The number of hydrogen-bond donors (Lipinski definition) is 1. The van der Waals surface area contributed by atoms with Crippen LogP contribution in [0.5, 0.6) is 0 Å². The Balaban J connectivity index is 1.78. The summed E-state index contributed by atoms with van der Waals surface area (Å²) in [6.45, 7) is 2.00. The Kier molecular flexibility index (Phi) is 4.68. The van der Waals surface area contributed by atoms with Gasteiger partial charge in [-0.15, -0.1) is 0 Å². The van der Waals surface area contributed by atoms with Gasteiger partial charge in [0.2, 0.25) is 0 Å². The van der Waals surface area contributed by atoms with Crippen molar-refractivity contribution in [2.24, 2.45) is 0 Å². The number of hydrogen-bond acceptors (Lipinski definition) is 3. The standard InChI is InChI=1S/C18H17ClN4O/c1-12(14-3-2-8-21-11-14)23(16-6-7-16)18(24)22-15-5-4-13(10-20)17(19)9-15/h2-5,8-9,11-12,16H,6-7H2,1H3,(H,22,24). The molecule has 0 spiro atoms. The molecule has 1 aromatic carbocycles. The molecule has 24 heavy (non-hydrogen) atoms. The number of anilines is 1. The van der Waals surface area contributed by atoms with Gasteiger partial charge in [-0.3, -0.25) is 4.98 Å². The summed E-state index contributed by atoms with van der Waals surface area (Å²) in [5.74, 6) is 0. The SMILES string of the molecule is CC(c1cccnc1)N(C(=O)Nc1ccc(C#N)c(Cl)c1)C1CC1. The van der Waals surface area contributed by atoms with Crippen molar-refractivity contribution < 1.29 is 4.79 Å². The van der Waals surface area contributed by atoms with E-state index in [-0.39, 0.29) is 18.1 Å². The van der Waals surface area contributed by atoms with Crippen molar-refractivity contribution in [1.29, 1.82) is 5.26 Å². The zero-order valence-electron chi connectivity index (χ0n) is 13.2. The molecular formula is C18H17ClN4O. The number of carbonyl (C=O) groups is 1. The first-order valence-corrected chi connectivity index (χ1v) is 8.17. The molecule has 1 heterocycles. The van der Waals surface area contributed by atoms with E-state index in [2.05, 4.69) is 10.3 Å². The zero-order chi connectivity index (χ0) is 17.1. The van der Waals surface area contributed by atoms with Crippen LogP contribution in [-0.2, 0) is 0 Å². The van der Waals surface area contributed by atoms with E-state index in [1.54, 1.807) is 30.6 Å². The molecule has 1 aliphatic rings. The average molecular weight is 341 g/mol. The summed E-state index contributed by atoms with van der Waals surface area (Å²) in [5, 5.41) is 12.1. The second-order valence-electron chi connectivity index (χ2n) is 5.84. The predicted molar refractivity (Wildman–Crippen MR) is 92.7 cm³/mol. The van der Waals surface area contributed by atoms with E-state index in [4.69, 9.17) is 16.9 Å². The van der Waals surface area contributed by atoms with Gasteiger partial charge in [0.25, 0.3) is 0 Å². The maximum atomic E-state index is 12.8. The summed E-state index contributed by atoms with van der Waals surface area (Å²) in [4.78, 5) is 18.7. The van der Waals surface area contributed by atoms with Crippen molar-refractivity contribution in [2.75, 3.05) is 5.32 Å². The Bertz CT molecular complexity index is 783. The molecule has 1 atom stereocenters. The first-order valence-electron chi connectivity index (χ1n) is 7.79. The summed E-state index contributed by atoms with van der Waals surface area (Å²) >= 11 is 6.03. The van der Waals surface area contributed by atoms with Crippen molar-refractivity contribution in [3.8, 4) is 6.07 Å². The van der Waals surface area contributed by atoms with Crippen LogP contribution < -0.4 is 5.32 Å². The number of rotatable bonds is 4. The minimum absolute atomic E-state index is 0.0694. The van der Waals surface area contributed by atoms with Crippen molar-refractivity contribution >= 4 is 23.3 Å². The van der Waals surface area contributed by atoms with Crippen molar-refractivity contribution in [3.63, 3.8) is 0 Å². The molecule has 1 N–H and O–H groups in total. The molecule has 2 aromatic rings. The van der Waals surface area contributed by atoms with E-state index in [0.29, 0.717) is 16.3 Å². The van der Waals surface area contributed by atoms with E-state index in [9.17, 15) is 4.79 Å². The fraction of sp³-hybridized carbons (Fsp3) is 0.278. The highest BCUT2D eigenvalue weighted by Crippen LogP contribution is 2.34. The minimum Gasteiger partial charge on any atom is -0.315 e. The third-order valence-corrected chi connectivity index (χ3v) is 4.41. The Morgan fingerprint density at radius 2 is 2.25 bits per heavy atom. The summed E-state index contributed by atoms with van der Waals surface area (Å²) in [7, 11) is 0. The quantitative estimate of drug-likeness (QED) is 0.898. The fourth-order valence-corrected chi connectivity index (χ4v) is 2.89. The number of halogens is 1. The molecule has 1 saturated carbocycles. The molecule has 0 radical (unpaired) electrons. The Hall–Kier alpha value is -2.58. The molecule has 3 rings (SSSR count). The molecule has 6 heteroatoms.